The van der Waals surface area contributed by atoms with E-state index in [-0.39, 0.29) is 6.04 Å². The third-order valence-corrected chi connectivity index (χ3v) is 3.64. The number of aromatic nitrogens is 2. The summed E-state index contributed by atoms with van der Waals surface area (Å²) >= 11 is 1.76. The highest BCUT2D eigenvalue weighted by atomic mass is 32.1. The molecule has 0 bridgehead atoms. The van der Waals surface area contributed by atoms with Gasteiger partial charge in [-0.3, -0.25) is 4.68 Å². The zero-order chi connectivity index (χ0) is 12.3. The lowest BCUT2D eigenvalue weighted by Crippen LogP contribution is -2.27. The standard InChI is InChI=1S/C12H18N4S/c1-9-11(8-16(2)15-9)12(6-13)14-7-10-4-3-5-17-10/h3-5,8,12,14H,6-7,13H2,1-2H3. The van der Waals surface area contributed by atoms with Gasteiger partial charge in [0.15, 0.2) is 0 Å². The molecule has 3 N–H and O–H groups in total. The second-order valence-electron chi connectivity index (χ2n) is 4.09. The minimum absolute atomic E-state index is 0.172. The lowest BCUT2D eigenvalue weighted by molar-refractivity contribution is 0.542. The predicted molar refractivity (Wildman–Crippen MR) is 70.9 cm³/mol. The van der Waals surface area contributed by atoms with Gasteiger partial charge in [0.05, 0.1) is 5.69 Å². The van der Waals surface area contributed by atoms with Crippen LogP contribution in [0.25, 0.3) is 0 Å². The van der Waals surface area contributed by atoms with Crippen molar-refractivity contribution in [1.82, 2.24) is 15.1 Å². The van der Waals surface area contributed by atoms with Crippen LogP contribution in [0.4, 0.5) is 0 Å². The van der Waals surface area contributed by atoms with Crippen LogP contribution in [-0.4, -0.2) is 16.3 Å². The molecule has 0 aliphatic carbocycles. The number of hydrogen-bond acceptors (Lipinski definition) is 4. The van der Waals surface area contributed by atoms with Crippen LogP contribution >= 0.6 is 11.3 Å². The minimum atomic E-state index is 0.172. The van der Waals surface area contributed by atoms with Crippen LogP contribution in [0.2, 0.25) is 0 Å². The number of rotatable bonds is 5. The summed E-state index contributed by atoms with van der Waals surface area (Å²) in [6.07, 6.45) is 2.04. The van der Waals surface area contributed by atoms with Crippen molar-refractivity contribution in [2.24, 2.45) is 12.8 Å². The van der Waals surface area contributed by atoms with Crippen LogP contribution < -0.4 is 11.1 Å². The van der Waals surface area contributed by atoms with Crippen LogP contribution in [0, 0.1) is 6.92 Å². The van der Waals surface area contributed by atoms with Crippen molar-refractivity contribution in [2.75, 3.05) is 6.54 Å². The van der Waals surface area contributed by atoms with Gasteiger partial charge in [0.25, 0.3) is 0 Å². The molecule has 0 aliphatic rings. The molecule has 0 amide bonds. The SMILES string of the molecule is Cc1nn(C)cc1C(CN)NCc1cccs1. The second-order valence-corrected chi connectivity index (χ2v) is 5.12. The first kappa shape index (κ1) is 12.3. The molecule has 0 aliphatic heterocycles. The molecule has 92 valence electrons. The van der Waals surface area contributed by atoms with Gasteiger partial charge in [-0.1, -0.05) is 6.07 Å². The summed E-state index contributed by atoms with van der Waals surface area (Å²) in [6.45, 7) is 3.45. The fraction of sp³-hybridized carbons (Fsp3) is 0.417. The predicted octanol–water partition coefficient (Wildman–Crippen LogP) is 1.58. The van der Waals surface area contributed by atoms with Crippen molar-refractivity contribution < 1.29 is 0 Å². The van der Waals surface area contributed by atoms with E-state index in [1.165, 1.54) is 10.4 Å². The summed E-state index contributed by atoms with van der Waals surface area (Å²) in [5.74, 6) is 0. The molecule has 4 nitrogen and oxygen atoms in total. The van der Waals surface area contributed by atoms with Crippen molar-refractivity contribution in [2.45, 2.75) is 19.5 Å². The lowest BCUT2D eigenvalue weighted by Gasteiger charge is -2.15. The van der Waals surface area contributed by atoms with E-state index in [4.69, 9.17) is 5.73 Å². The first-order valence-electron chi connectivity index (χ1n) is 5.66. The maximum absolute atomic E-state index is 5.83. The Hall–Kier alpha value is -1.17. The molecule has 5 heteroatoms. The molecule has 2 heterocycles. The van der Waals surface area contributed by atoms with Crippen molar-refractivity contribution in [3.8, 4) is 0 Å². The van der Waals surface area contributed by atoms with Crippen LogP contribution in [0.1, 0.15) is 22.2 Å². The Labute approximate surface area is 105 Å². The van der Waals surface area contributed by atoms with E-state index < -0.39 is 0 Å². The molecule has 2 aromatic heterocycles. The van der Waals surface area contributed by atoms with Gasteiger partial charge in [-0.05, 0) is 18.4 Å². The number of thiophene rings is 1. The maximum Gasteiger partial charge on any atom is 0.0641 e. The molecule has 1 unspecified atom stereocenters. The zero-order valence-electron chi connectivity index (χ0n) is 10.2. The van der Waals surface area contributed by atoms with Crippen LogP contribution in [-0.2, 0) is 13.6 Å². The van der Waals surface area contributed by atoms with E-state index in [1.807, 2.05) is 24.9 Å². The van der Waals surface area contributed by atoms with E-state index in [9.17, 15) is 0 Å². The highest BCUT2D eigenvalue weighted by Crippen LogP contribution is 2.17. The smallest absolute Gasteiger partial charge is 0.0641 e. The molecule has 2 aromatic rings. The van der Waals surface area contributed by atoms with Gasteiger partial charge >= 0.3 is 0 Å². The van der Waals surface area contributed by atoms with E-state index in [0.29, 0.717) is 6.54 Å². The van der Waals surface area contributed by atoms with Gasteiger partial charge in [-0.25, -0.2) is 0 Å². The monoisotopic (exact) mass is 250 g/mol. The Morgan fingerprint density at radius 3 is 2.94 bits per heavy atom. The van der Waals surface area contributed by atoms with Gasteiger partial charge in [0.2, 0.25) is 0 Å². The third-order valence-electron chi connectivity index (χ3n) is 2.77. The Morgan fingerprint density at radius 1 is 1.59 bits per heavy atom. The second kappa shape index (κ2) is 5.44. The van der Waals surface area contributed by atoms with Crippen LogP contribution in [0.3, 0.4) is 0 Å². The first-order chi connectivity index (χ1) is 8.20. The third kappa shape index (κ3) is 2.94. The summed E-state index contributed by atoms with van der Waals surface area (Å²) in [5, 5.41) is 9.91. The molecule has 0 radical (unpaired) electrons. The molecule has 0 saturated carbocycles. The van der Waals surface area contributed by atoms with Crippen LogP contribution in [0.15, 0.2) is 23.7 Å². The fourth-order valence-electron chi connectivity index (χ4n) is 1.92. The Bertz CT molecular complexity index is 461. The Morgan fingerprint density at radius 2 is 2.41 bits per heavy atom. The molecule has 0 saturated heterocycles. The van der Waals surface area contributed by atoms with E-state index in [1.54, 1.807) is 11.3 Å². The lowest BCUT2D eigenvalue weighted by atomic mass is 10.1. The summed E-state index contributed by atoms with van der Waals surface area (Å²) in [6, 6.07) is 4.36. The van der Waals surface area contributed by atoms with E-state index >= 15 is 0 Å². The number of nitrogens with two attached hydrogens (primary N) is 1. The topological polar surface area (TPSA) is 55.9 Å². The molecular formula is C12H18N4S. The molecule has 2 rings (SSSR count). The normalized spacial score (nSPS) is 12.9. The average molecular weight is 250 g/mol. The highest BCUT2D eigenvalue weighted by molar-refractivity contribution is 7.09. The van der Waals surface area contributed by atoms with Crippen LogP contribution in [0.5, 0.6) is 0 Å². The van der Waals surface area contributed by atoms with Gasteiger partial charge in [-0.2, -0.15) is 5.10 Å². The average Bonchev–Trinajstić information content (AvgIpc) is 2.90. The van der Waals surface area contributed by atoms with Gasteiger partial charge < -0.3 is 11.1 Å². The van der Waals surface area contributed by atoms with E-state index in [0.717, 1.165) is 12.2 Å². The number of aryl methyl sites for hydroxylation is 2. The number of nitrogens with one attached hydrogen (secondary N) is 1. The van der Waals surface area contributed by atoms with E-state index in [2.05, 4.69) is 27.9 Å². The molecule has 1 atom stereocenters. The minimum Gasteiger partial charge on any atom is -0.329 e. The van der Waals surface area contributed by atoms with Crippen molar-refractivity contribution in [3.05, 3.63) is 39.8 Å². The molecule has 0 fully saturated rings. The van der Waals surface area contributed by atoms with Gasteiger partial charge in [0.1, 0.15) is 0 Å². The quantitative estimate of drug-likeness (QED) is 0.847. The number of hydrogen-bond donors (Lipinski definition) is 2. The Balaban J connectivity index is 2.04. The summed E-state index contributed by atoms with van der Waals surface area (Å²) in [4.78, 5) is 1.32. The van der Waals surface area contributed by atoms with Crippen molar-refractivity contribution in [3.63, 3.8) is 0 Å². The summed E-state index contributed by atoms with van der Waals surface area (Å²) < 4.78 is 1.83. The largest absolute Gasteiger partial charge is 0.329 e. The summed E-state index contributed by atoms with van der Waals surface area (Å²) in [7, 11) is 1.93. The zero-order valence-corrected chi connectivity index (χ0v) is 11.0. The molecule has 17 heavy (non-hydrogen) atoms. The van der Waals surface area contributed by atoms with Crippen molar-refractivity contribution in [1.29, 1.82) is 0 Å². The first-order valence-corrected chi connectivity index (χ1v) is 6.54. The highest BCUT2D eigenvalue weighted by Gasteiger charge is 2.14. The molecule has 0 spiro atoms. The molecular weight excluding hydrogens is 232 g/mol. The summed E-state index contributed by atoms with van der Waals surface area (Å²) in [5.41, 5.74) is 8.06. The van der Waals surface area contributed by atoms with Gasteiger partial charge in [0, 0.05) is 42.8 Å². The fourth-order valence-corrected chi connectivity index (χ4v) is 2.57. The maximum atomic E-state index is 5.83. The number of nitrogens with zero attached hydrogens (tertiary/aromatic N) is 2. The van der Waals surface area contributed by atoms with Crippen molar-refractivity contribution >= 4 is 11.3 Å². The molecule has 0 aromatic carbocycles. The Kier molecular flexibility index (Phi) is 3.93. The van der Waals surface area contributed by atoms with Gasteiger partial charge in [-0.15, -0.1) is 11.3 Å².